The number of pyridine rings is 1. The van der Waals surface area contributed by atoms with Crippen molar-refractivity contribution >= 4 is 52.4 Å². The Morgan fingerprint density at radius 1 is 0.968 bits per heavy atom. The molecule has 0 spiro atoms. The zero-order valence-electron chi connectivity index (χ0n) is 16.6. The maximum absolute atomic E-state index is 12.2. The van der Waals surface area contributed by atoms with Crippen LogP contribution in [0.5, 0.6) is 0 Å². The van der Waals surface area contributed by atoms with E-state index in [4.69, 9.17) is 28.2 Å². The van der Waals surface area contributed by atoms with Gasteiger partial charge >= 0.3 is 6.03 Å². The van der Waals surface area contributed by atoms with Crippen LogP contribution < -0.4 is 10.6 Å². The lowest BCUT2D eigenvalue weighted by Gasteiger charge is -2.16. The molecule has 1 aliphatic rings. The minimum Gasteiger partial charge on any atom is -0.308 e. The predicted octanol–water partition coefficient (Wildman–Crippen LogP) is 6.70. The van der Waals surface area contributed by atoms with Gasteiger partial charge in [0.05, 0.1) is 15.8 Å². The van der Waals surface area contributed by atoms with Gasteiger partial charge in [-0.15, -0.1) is 0 Å². The van der Waals surface area contributed by atoms with Gasteiger partial charge in [0.1, 0.15) is 0 Å². The van der Waals surface area contributed by atoms with Gasteiger partial charge in [0.25, 0.3) is 0 Å². The summed E-state index contributed by atoms with van der Waals surface area (Å²) in [6.07, 6.45) is 7.76. The van der Waals surface area contributed by atoms with E-state index in [0.29, 0.717) is 21.4 Å². The van der Waals surface area contributed by atoms with Crippen molar-refractivity contribution in [3.05, 3.63) is 93.7 Å². The first-order chi connectivity index (χ1) is 15.1. The highest BCUT2D eigenvalue weighted by Crippen LogP contribution is 2.25. The van der Waals surface area contributed by atoms with Gasteiger partial charge in [0.2, 0.25) is 0 Å². The van der Waals surface area contributed by atoms with Gasteiger partial charge in [-0.2, -0.15) is 0 Å². The van der Waals surface area contributed by atoms with Crippen molar-refractivity contribution in [1.82, 2.24) is 4.98 Å². The quantitative estimate of drug-likeness (QED) is 0.464. The second-order valence-electron chi connectivity index (χ2n) is 7.08. The van der Waals surface area contributed by atoms with E-state index in [1.807, 2.05) is 42.6 Å². The Bertz CT molecular complexity index is 1140. The number of carbonyl (C=O) groups is 1. The molecule has 4 rings (SSSR count). The first kappa shape index (κ1) is 21.1. The minimum atomic E-state index is -0.359. The Morgan fingerprint density at radius 3 is 2.48 bits per heavy atom. The number of rotatable bonds is 4. The van der Waals surface area contributed by atoms with Gasteiger partial charge in [-0.3, -0.25) is 9.98 Å². The molecule has 0 aliphatic carbocycles. The van der Waals surface area contributed by atoms with E-state index in [2.05, 4.69) is 21.7 Å². The number of amides is 2. The smallest absolute Gasteiger partial charge is 0.308 e. The second kappa shape index (κ2) is 9.77. The fourth-order valence-corrected chi connectivity index (χ4v) is 3.63. The summed E-state index contributed by atoms with van der Waals surface area (Å²) in [4.78, 5) is 21.2. The monoisotopic (exact) mass is 450 g/mol. The van der Waals surface area contributed by atoms with Crippen LogP contribution in [0.15, 0.2) is 77.6 Å². The summed E-state index contributed by atoms with van der Waals surface area (Å²) in [7, 11) is 0. The number of hydrogen-bond donors (Lipinski definition) is 2. The second-order valence-corrected chi connectivity index (χ2v) is 7.89. The molecule has 0 bridgehead atoms. The van der Waals surface area contributed by atoms with Crippen molar-refractivity contribution in [3.8, 4) is 0 Å². The Morgan fingerprint density at radius 2 is 1.74 bits per heavy atom. The fraction of sp³-hybridized carbons (Fsp3) is 0.125. The maximum atomic E-state index is 12.2. The van der Waals surface area contributed by atoms with Crippen molar-refractivity contribution < 1.29 is 4.79 Å². The first-order valence-corrected chi connectivity index (χ1v) is 10.6. The number of hydrogen-bond acceptors (Lipinski definition) is 3. The van der Waals surface area contributed by atoms with Crippen LogP contribution >= 0.6 is 23.2 Å². The number of nitrogens with zero attached hydrogens (tertiary/aromatic N) is 2. The molecule has 2 aromatic carbocycles. The van der Waals surface area contributed by atoms with Crippen LogP contribution in [0.4, 0.5) is 16.2 Å². The molecule has 0 unspecified atom stereocenters. The molecule has 5 nitrogen and oxygen atoms in total. The van der Waals surface area contributed by atoms with E-state index in [9.17, 15) is 4.79 Å². The molecule has 1 aliphatic heterocycles. The van der Waals surface area contributed by atoms with Crippen molar-refractivity contribution in [2.45, 2.75) is 12.8 Å². The molecular weight excluding hydrogens is 431 g/mol. The number of urea groups is 1. The Balaban J connectivity index is 1.44. The van der Waals surface area contributed by atoms with Gasteiger partial charge < -0.3 is 10.6 Å². The van der Waals surface area contributed by atoms with Crippen molar-refractivity contribution in [1.29, 1.82) is 0 Å². The fourth-order valence-electron chi connectivity index (χ4n) is 3.33. The van der Waals surface area contributed by atoms with Crippen LogP contribution in [0.1, 0.15) is 24.0 Å². The van der Waals surface area contributed by atoms with E-state index < -0.39 is 0 Å². The number of aliphatic imine (C=N–C) groups is 1. The molecule has 2 amide bonds. The largest absolute Gasteiger partial charge is 0.323 e. The van der Waals surface area contributed by atoms with Crippen molar-refractivity contribution in [2.24, 2.45) is 4.99 Å². The van der Waals surface area contributed by atoms with Crippen LogP contribution in [-0.4, -0.2) is 23.3 Å². The van der Waals surface area contributed by atoms with E-state index in [1.165, 1.54) is 5.57 Å². The van der Waals surface area contributed by atoms with Crippen LogP contribution in [-0.2, 0) is 0 Å². The highest BCUT2D eigenvalue weighted by molar-refractivity contribution is 6.42. The van der Waals surface area contributed by atoms with Gasteiger partial charge in [-0.25, -0.2) is 4.79 Å². The standard InChI is InChI=1S/C24H20Cl2N4O/c25-21-10-9-20(14-22(21)26)30-24(31)29-19-7-5-16(6-8-19)13-17-3-2-12-28-23(17)18-4-1-11-27-15-18/h1,4-11,13-15H,2-3,12H2,(H2,29,30,31). The minimum absolute atomic E-state index is 0.359. The Hall–Kier alpha value is -3.15. The van der Waals surface area contributed by atoms with Crippen LogP contribution in [0, 0.1) is 0 Å². The lowest BCUT2D eigenvalue weighted by molar-refractivity contribution is 0.262. The SMILES string of the molecule is O=C(Nc1ccc(C=C2CCCN=C2c2cccnc2)cc1)Nc1ccc(Cl)c(Cl)c1. The van der Waals surface area contributed by atoms with E-state index in [0.717, 1.165) is 36.2 Å². The molecule has 1 aromatic heterocycles. The van der Waals surface area contributed by atoms with E-state index in [-0.39, 0.29) is 6.03 Å². The van der Waals surface area contributed by atoms with Gasteiger partial charge in [-0.05, 0) is 72.5 Å². The number of halogens is 2. The molecule has 2 N–H and O–H groups in total. The Kier molecular flexibility index (Phi) is 6.65. The predicted molar refractivity (Wildman–Crippen MR) is 128 cm³/mol. The number of anilines is 2. The first-order valence-electron chi connectivity index (χ1n) is 9.87. The van der Waals surface area contributed by atoms with Crippen LogP contribution in [0.2, 0.25) is 10.0 Å². The lowest BCUT2D eigenvalue weighted by atomic mass is 9.95. The summed E-state index contributed by atoms with van der Waals surface area (Å²) in [5, 5.41) is 6.37. The summed E-state index contributed by atoms with van der Waals surface area (Å²) in [6.45, 7) is 0.832. The molecule has 2 heterocycles. The van der Waals surface area contributed by atoms with Gasteiger partial charge in [0.15, 0.2) is 0 Å². The Labute approximate surface area is 190 Å². The maximum Gasteiger partial charge on any atom is 0.323 e. The zero-order chi connectivity index (χ0) is 21.6. The zero-order valence-corrected chi connectivity index (χ0v) is 18.1. The van der Waals surface area contributed by atoms with Gasteiger partial charge in [0, 0.05) is 35.9 Å². The van der Waals surface area contributed by atoms with Crippen molar-refractivity contribution in [3.63, 3.8) is 0 Å². The molecule has 0 radical (unpaired) electrons. The van der Waals surface area contributed by atoms with E-state index >= 15 is 0 Å². The molecule has 0 fully saturated rings. The average molecular weight is 451 g/mol. The summed E-state index contributed by atoms with van der Waals surface area (Å²) < 4.78 is 0. The van der Waals surface area contributed by atoms with E-state index in [1.54, 1.807) is 24.4 Å². The van der Waals surface area contributed by atoms with Crippen molar-refractivity contribution in [2.75, 3.05) is 17.2 Å². The van der Waals surface area contributed by atoms with Crippen LogP contribution in [0.25, 0.3) is 6.08 Å². The molecule has 31 heavy (non-hydrogen) atoms. The molecule has 0 atom stereocenters. The molecule has 0 saturated heterocycles. The summed E-state index contributed by atoms with van der Waals surface area (Å²) in [5.41, 5.74) is 5.52. The molecular formula is C24H20Cl2N4O. The number of allylic oxidation sites excluding steroid dienone is 1. The summed E-state index contributed by atoms with van der Waals surface area (Å²) in [5.74, 6) is 0. The average Bonchev–Trinajstić information content (AvgIpc) is 2.79. The topological polar surface area (TPSA) is 66.4 Å². The molecule has 7 heteroatoms. The van der Waals surface area contributed by atoms with Crippen LogP contribution in [0.3, 0.4) is 0 Å². The highest BCUT2D eigenvalue weighted by Gasteiger charge is 2.14. The third kappa shape index (κ3) is 5.51. The molecule has 0 saturated carbocycles. The highest BCUT2D eigenvalue weighted by atomic mass is 35.5. The third-order valence-electron chi connectivity index (χ3n) is 4.80. The summed E-state index contributed by atoms with van der Waals surface area (Å²) in [6, 6.07) is 16.2. The molecule has 156 valence electrons. The number of nitrogens with one attached hydrogen (secondary N) is 2. The normalized spacial score (nSPS) is 14.8. The third-order valence-corrected chi connectivity index (χ3v) is 5.54. The lowest BCUT2D eigenvalue weighted by Crippen LogP contribution is -2.19. The summed E-state index contributed by atoms with van der Waals surface area (Å²) >= 11 is 11.9. The molecule has 3 aromatic rings. The number of carbonyl (C=O) groups excluding carboxylic acids is 1. The van der Waals surface area contributed by atoms with Gasteiger partial charge in [-0.1, -0.05) is 35.3 Å². The number of benzene rings is 2. The number of aromatic nitrogens is 1.